The van der Waals surface area contributed by atoms with E-state index in [1.165, 1.54) is 16.0 Å². The highest BCUT2D eigenvalue weighted by Crippen LogP contribution is 2.33. The third-order valence-electron chi connectivity index (χ3n) is 4.17. The summed E-state index contributed by atoms with van der Waals surface area (Å²) in [7, 11) is 0. The van der Waals surface area contributed by atoms with Crippen LogP contribution in [0.1, 0.15) is 25.1 Å². The predicted molar refractivity (Wildman–Crippen MR) is 90.1 cm³/mol. The third-order valence-corrected chi connectivity index (χ3v) is 4.17. The number of hydrogen-bond donors (Lipinski definition) is 1. The summed E-state index contributed by atoms with van der Waals surface area (Å²) < 4.78 is 0. The second-order valence-electron chi connectivity index (χ2n) is 6.31. The number of carbonyl (C=O) groups excluding carboxylic acids is 2. The molecule has 2 heterocycles. The van der Waals surface area contributed by atoms with Gasteiger partial charge in [0.25, 0.3) is 5.91 Å². The highest BCUT2D eigenvalue weighted by Gasteiger charge is 2.51. The molecule has 1 aliphatic rings. The van der Waals surface area contributed by atoms with Crippen LogP contribution >= 0.6 is 0 Å². The molecule has 7 heteroatoms. The average molecular weight is 325 g/mol. The Kier molecular flexibility index (Phi) is 3.71. The van der Waals surface area contributed by atoms with Crippen molar-refractivity contribution in [1.82, 2.24) is 14.9 Å². The molecule has 0 atom stereocenters. The van der Waals surface area contributed by atoms with Gasteiger partial charge >= 0.3 is 6.03 Å². The molecule has 1 aliphatic heterocycles. The minimum atomic E-state index is -0.971. The Labute approximate surface area is 140 Å². The summed E-state index contributed by atoms with van der Waals surface area (Å²) in [5, 5.41) is 0. The first-order valence-electron chi connectivity index (χ1n) is 7.61. The number of anilines is 2. The smallest absolute Gasteiger partial charge is 0.332 e. The molecular weight excluding hydrogens is 306 g/mol. The maximum Gasteiger partial charge on any atom is 0.332 e. The molecule has 1 aromatic carbocycles. The highest BCUT2D eigenvalue weighted by atomic mass is 16.2. The van der Waals surface area contributed by atoms with Gasteiger partial charge in [-0.1, -0.05) is 17.7 Å². The summed E-state index contributed by atoms with van der Waals surface area (Å²) in [6.45, 7) is 5.59. The number of carbonyl (C=O) groups is 2. The second kappa shape index (κ2) is 5.59. The molecule has 2 N–H and O–H groups in total. The van der Waals surface area contributed by atoms with E-state index in [1.54, 1.807) is 32.0 Å². The third kappa shape index (κ3) is 2.58. The number of hydrogen-bond acceptors (Lipinski definition) is 5. The maximum absolute atomic E-state index is 12.9. The monoisotopic (exact) mass is 325 g/mol. The Morgan fingerprint density at radius 1 is 1.12 bits per heavy atom. The largest absolute Gasteiger partial charge is 0.368 e. The quantitative estimate of drug-likeness (QED) is 0.873. The molecule has 124 valence electrons. The van der Waals surface area contributed by atoms with Gasteiger partial charge in [0.15, 0.2) is 0 Å². The summed E-state index contributed by atoms with van der Waals surface area (Å²) in [5.74, 6) is -0.128. The van der Waals surface area contributed by atoms with E-state index in [9.17, 15) is 9.59 Å². The lowest BCUT2D eigenvalue weighted by Gasteiger charge is -2.27. The number of nitrogens with zero attached hydrogens (tertiary/aromatic N) is 4. The number of amides is 3. The minimum Gasteiger partial charge on any atom is -0.368 e. The van der Waals surface area contributed by atoms with Gasteiger partial charge in [0.2, 0.25) is 5.95 Å². The summed E-state index contributed by atoms with van der Waals surface area (Å²) in [6, 6.07) is 8.60. The SMILES string of the molecule is Cc1ccc(N2C(=O)N(Cc3ccnc(N)n3)C(C)(C)C2=O)cc1. The van der Waals surface area contributed by atoms with Crippen LogP contribution in [0.3, 0.4) is 0 Å². The Hall–Kier alpha value is -2.96. The molecule has 0 unspecified atom stereocenters. The fourth-order valence-corrected chi connectivity index (χ4v) is 2.69. The van der Waals surface area contributed by atoms with Crippen LogP contribution in [-0.2, 0) is 11.3 Å². The minimum absolute atomic E-state index is 0.138. The van der Waals surface area contributed by atoms with Crippen LogP contribution in [0.2, 0.25) is 0 Å². The van der Waals surface area contributed by atoms with Gasteiger partial charge in [0.1, 0.15) is 5.54 Å². The van der Waals surface area contributed by atoms with Crippen LogP contribution in [-0.4, -0.2) is 32.3 Å². The van der Waals surface area contributed by atoms with Crippen molar-refractivity contribution in [1.29, 1.82) is 0 Å². The van der Waals surface area contributed by atoms with Crippen molar-refractivity contribution in [2.24, 2.45) is 0 Å². The van der Waals surface area contributed by atoms with Gasteiger partial charge in [0.05, 0.1) is 17.9 Å². The Morgan fingerprint density at radius 3 is 2.42 bits per heavy atom. The molecular formula is C17H19N5O2. The number of imide groups is 1. The summed E-state index contributed by atoms with van der Waals surface area (Å²) in [5.41, 5.74) is 6.83. The number of benzene rings is 1. The van der Waals surface area contributed by atoms with Crippen molar-refractivity contribution in [2.45, 2.75) is 32.9 Å². The van der Waals surface area contributed by atoms with Gasteiger partial charge in [-0.05, 0) is 39.0 Å². The second-order valence-corrected chi connectivity index (χ2v) is 6.31. The van der Waals surface area contributed by atoms with Crippen LogP contribution in [0.5, 0.6) is 0 Å². The van der Waals surface area contributed by atoms with E-state index in [1.807, 2.05) is 19.1 Å². The average Bonchev–Trinajstić information content (AvgIpc) is 2.69. The Bertz CT molecular complexity index is 801. The lowest BCUT2D eigenvalue weighted by Crippen LogP contribution is -2.43. The zero-order valence-corrected chi connectivity index (χ0v) is 13.9. The first-order valence-corrected chi connectivity index (χ1v) is 7.61. The van der Waals surface area contributed by atoms with Gasteiger partial charge in [-0.25, -0.2) is 19.7 Å². The van der Waals surface area contributed by atoms with E-state index in [4.69, 9.17) is 5.73 Å². The first kappa shape index (κ1) is 15.9. The van der Waals surface area contributed by atoms with Gasteiger partial charge < -0.3 is 10.6 Å². The molecule has 1 fully saturated rings. The van der Waals surface area contributed by atoms with Crippen LogP contribution < -0.4 is 10.6 Å². The molecule has 1 saturated heterocycles. The molecule has 3 rings (SSSR count). The maximum atomic E-state index is 12.9. The van der Waals surface area contributed by atoms with E-state index in [-0.39, 0.29) is 24.4 Å². The normalized spacial score (nSPS) is 16.8. The topological polar surface area (TPSA) is 92.4 Å². The zero-order valence-electron chi connectivity index (χ0n) is 13.9. The number of nitrogens with two attached hydrogens (primary N) is 1. The van der Waals surface area contributed by atoms with Gasteiger partial charge in [-0.2, -0.15) is 0 Å². The van der Waals surface area contributed by atoms with E-state index < -0.39 is 5.54 Å². The van der Waals surface area contributed by atoms with Gasteiger partial charge in [-0.15, -0.1) is 0 Å². The van der Waals surface area contributed by atoms with Crippen molar-refractivity contribution in [3.63, 3.8) is 0 Å². The fourth-order valence-electron chi connectivity index (χ4n) is 2.69. The number of urea groups is 1. The summed E-state index contributed by atoms with van der Waals surface area (Å²) in [4.78, 5) is 36.3. The van der Waals surface area contributed by atoms with Gasteiger partial charge in [0, 0.05) is 6.20 Å². The van der Waals surface area contributed by atoms with Gasteiger partial charge in [-0.3, -0.25) is 4.79 Å². The van der Waals surface area contributed by atoms with Crippen LogP contribution in [0, 0.1) is 6.92 Å². The fraction of sp³-hybridized carbons (Fsp3) is 0.294. The van der Waals surface area contributed by atoms with E-state index >= 15 is 0 Å². The van der Waals surface area contributed by atoms with Crippen LogP contribution in [0.15, 0.2) is 36.5 Å². The van der Waals surface area contributed by atoms with Crippen molar-refractivity contribution >= 4 is 23.6 Å². The molecule has 1 aromatic heterocycles. The standard InChI is InChI=1S/C17H19N5O2/c1-11-4-6-13(7-5-11)22-14(23)17(2,3)21(16(22)24)10-12-8-9-19-15(18)20-12/h4-9H,10H2,1-3H3,(H2,18,19,20). The lowest BCUT2D eigenvalue weighted by atomic mass is 10.0. The molecule has 7 nitrogen and oxygen atoms in total. The van der Waals surface area contributed by atoms with Crippen molar-refractivity contribution in [3.8, 4) is 0 Å². The summed E-state index contributed by atoms with van der Waals surface area (Å²) >= 11 is 0. The molecule has 24 heavy (non-hydrogen) atoms. The zero-order chi connectivity index (χ0) is 17.5. The molecule has 3 amide bonds. The van der Waals surface area contributed by atoms with E-state index in [0.717, 1.165) is 5.56 Å². The van der Waals surface area contributed by atoms with Crippen LogP contribution in [0.25, 0.3) is 0 Å². The summed E-state index contributed by atoms with van der Waals surface area (Å²) in [6.07, 6.45) is 1.53. The Balaban J connectivity index is 1.94. The molecule has 0 radical (unpaired) electrons. The highest BCUT2D eigenvalue weighted by molar-refractivity contribution is 6.22. The van der Waals surface area contributed by atoms with Crippen molar-refractivity contribution in [3.05, 3.63) is 47.8 Å². The molecule has 0 aliphatic carbocycles. The number of aromatic nitrogens is 2. The van der Waals surface area contributed by atoms with E-state index in [0.29, 0.717) is 11.4 Å². The van der Waals surface area contributed by atoms with Crippen molar-refractivity contribution < 1.29 is 9.59 Å². The lowest BCUT2D eigenvalue weighted by molar-refractivity contribution is -0.123. The van der Waals surface area contributed by atoms with Crippen LogP contribution in [0.4, 0.5) is 16.4 Å². The molecule has 2 aromatic rings. The number of aryl methyl sites for hydroxylation is 1. The van der Waals surface area contributed by atoms with Crippen molar-refractivity contribution in [2.75, 3.05) is 10.6 Å². The molecule has 0 spiro atoms. The predicted octanol–water partition coefficient (Wildman–Crippen LogP) is 2.11. The number of rotatable bonds is 3. The Morgan fingerprint density at radius 2 is 1.79 bits per heavy atom. The number of nitrogen functional groups attached to an aromatic ring is 1. The first-order chi connectivity index (χ1) is 11.3. The molecule has 0 bridgehead atoms. The molecule has 0 saturated carbocycles. The van der Waals surface area contributed by atoms with E-state index in [2.05, 4.69) is 9.97 Å².